The Morgan fingerprint density at radius 2 is 1.83 bits per heavy atom. The summed E-state index contributed by atoms with van der Waals surface area (Å²) in [4.78, 5) is 0. The van der Waals surface area contributed by atoms with Gasteiger partial charge in [0.15, 0.2) is 0 Å². The summed E-state index contributed by atoms with van der Waals surface area (Å²) >= 11 is 0. The molecule has 0 aliphatic carbocycles. The average Bonchev–Trinajstić information content (AvgIpc) is 2.07. The van der Waals surface area contributed by atoms with Crippen LogP contribution in [0.2, 0.25) is 0 Å². The Balaban J connectivity index is 0.00000121. The van der Waals surface area contributed by atoms with E-state index in [-0.39, 0.29) is 12.4 Å². The van der Waals surface area contributed by atoms with Crippen LogP contribution in [0.25, 0.3) is 0 Å². The second-order valence-corrected chi connectivity index (χ2v) is 2.52. The fourth-order valence-corrected chi connectivity index (χ4v) is 0.851. The number of rotatable bonds is 4. The highest BCUT2D eigenvalue weighted by molar-refractivity contribution is 5.85. The highest BCUT2D eigenvalue weighted by atomic mass is 35.5. The molecule has 0 unspecified atom stereocenters. The Morgan fingerprint density at radius 1 is 1.17 bits per heavy atom. The van der Waals surface area contributed by atoms with Crippen molar-refractivity contribution in [2.75, 3.05) is 6.61 Å². The van der Waals surface area contributed by atoms with Gasteiger partial charge in [-0.2, -0.15) is 0 Å². The SMILES string of the molecule is CCCCOc1ccccc1.Cl. The lowest BCUT2D eigenvalue weighted by Crippen LogP contribution is -1.95. The molecule has 0 aromatic heterocycles. The number of unbranched alkanes of at least 4 members (excludes halogenated alkanes) is 1. The maximum Gasteiger partial charge on any atom is 0.119 e. The van der Waals surface area contributed by atoms with Gasteiger partial charge in [0.2, 0.25) is 0 Å². The number of hydrogen-bond acceptors (Lipinski definition) is 1. The van der Waals surface area contributed by atoms with Gasteiger partial charge in [-0.05, 0) is 18.6 Å². The molecule has 2 heteroatoms. The highest BCUT2D eigenvalue weighted by Crippen LogP contribution is 2.08. The van der Waals surface area contributed by atoms with Gasteiger partial charge in [-0.15, -0.1) is 12.4 Å². The highest BCUT2D eigenvalue weighted by Gasteiger charge is 1.88. The van der Waals surface area contributed by atoms with E-state index in [1.54, 1.807) is 0 Å². The van der Waals surface area contributed by atoms with Crippen molar-refractivity contribution in [3.8, 4) is 5.75 Å². The lowest BCUT2D eigenvalue weighted by Gasteiger charge is -2.03. The molecule has 1 aromatic rings. The van der Waals surface area contributed by atoms with E-state index in [0.29, 0.717) is 0 Å². The van der Waals surface area contributed by atoms with E-state index < -0.39 is 0 Å². The van der Waals surface area contributed by atoms with Crippen LogP contribution in [0.15, 0.2) is 30.3 Å². The molecule has 0 fully saturated rings. The van der Waals surface area contributed by atoms with E-state index in [4.69, 9.17) is 4.74 Å². The molecule has 12 heavy (non-hydrogen) atoms. The van der Waals surface area contributed by atoms with Gasteiger partial charge in [-0.3, -0.25) is 0 Å². The second-order valence-electron chi connectivity index (χ2n) is 2.52. The maximum atomic E-state index is 5.45. The third-order valence-corrected chi connectivity index (χ3v) is 1.51. The molecule has 0 N–H and O–H groups in total. The Hall–Kier alpha value is -0.690. The molecule has 0 bridgehead atoms. The minimum Gasteiger partial charge on any atom is -0.494 e. The van der Waals surface area contributed by atoms with E-state index in [2.05, 4.69) is 6.92 Å². The Bertz CT molecular complexity index is 186. The molecule has 1 nitrogen and oxygen atoms in total. The summed E-state index contributed by atoms with van der Waals surface area (Å²) < 4.78 is 5.45. The number of ether oxygens (including phenoxy) is 1. The van der Waals surface area contributed by atoms with E-state index in [9.17, 15) is 0 Å². The second kappa shape index (κ2) is 6.99. The normalized spacial score (nSPS) is 8.75. The minimum absolute atomic E-state index is 0. The smallest absolute Gasteiger partial charge is 0.119 e. The number of benzene rings is 1. The Morgan fingerprint density at radius 3 is 2.42 bits per heavy atom. The molecule has 0 aliphatic rings. The summed E-state index contributed by atoms with van der Waals surface area (Å²) in [6.07, 6.45) is 2.32. The van der Waals surface area contributed by atoms with Crippen molar-refractivity contribution in [3.05, 3.63) is 30.3 Å². The lowest BCUT2D eigenvalue weighted by molar-refractivity contribution is 0.309. The fraction of sp³-hybridized carbons (Fsp3) is 0.400. The zero-order valence-electron chi connectivity index (χ0n) is 7.32. The van der Waals surface area contributed by atoms with Gasteiger partial charge in [0, 0.05) is 0 Å². The van der Waals surface area contributed by atoms with E-state index in [1.165, 1.54) is 6.42 Å². The summed E-state index contributed by atoms with van der Waals surface area (Å²) in [6, 6.07) is 9.93. The van der Waals surface area contributed by atoms with Crippen LogP contribution in [0.3, 0.4) is 0 Å². The van der Waals surface area contributed by atoms with Crippen molar-refractivity contribution in [1.29, 1.82) is 0 Å². The van der Waals surface area contributed by atoms with Crippen molar-refractivity contribution >= 4 is 12.4 Å². The van der Waals surface area contributed by atoms with Crippen LogP contribution in [-0.4, -0.2) is 6.61 Å². The van der Waals surface area contributed by atoms with Gasteiger partial charge < -0.3 is 4.74 Å². The molecular formula is C10H15ClO. The predicted octanol–water partition coefficient (Wildman–Crippen LogP) is 3.29. The molecular weight excluding hydrogens is 172 g/mol. The van der Waals surface area contributed by atoms with E-state index in [1.807, 2.05) is 30.3 Å². The largest absolute Gasteiger partial charge is 0.494 e. The number of hydrogen-bond donors (Lipinski definition) is 0. The third-order valence-electron chi connectivity index (χ3n) is 1.51. The van der Waals surface area contributed by atoms with Crippen molar-refractivity contribution in [2.24, 2.45) is 0 Å². The van der Waals surface area contributed by atoms with Crippen LogP contribution in [0.4, 0.5) is 0 Å². The van der Waals surface area contributed by atoms with Crippen LogP contribution in [0.5, 0.6) is 5.75 Å². The summed E-state index contributed by atoms with van der Waals surface area (Å²) in [5.74, 6) is 0.973. The van der Waals surface area contributed by atoms with Crippen LogP contribution >= 0.6 is 12.4 Å². The topological polar surface area (TPSA) is 9.23 Å². The van der Waals surface area contributed by atoms with Crippen LogP contribution < -0.4 is 4.74 Å². The Kier molecular flexibility index (Phi) is 6.58. The molecule has 68 valence electrons. The molecule has 0 radical (unpaired) electrons. The molecule has 0 amide bonds. The van der Waals surface area contributed by atoms with Crippen LogP contribution in [-0.2, 0) is 0 Å². The van der Waals surface area contributed by atoms with Gasteiger partial charge in [-0.1, -0.05) is 31.5 Å². The first-order chi connectivity index (χ1) is 5.43. The van der Waals surface area contributed by atoms with Gasteiger partial charge >= 0.3 is 0 Å². The van der Waals surface area contributed by atoms with E-state index in [0.717, 1.165) is 18.8 Å². The van der Waals surface area contributed by atoms with Crippen molar-refractivity contribution < 1.29 is 4.74 Å². The zero-order chi connectivity index (χ0) is 7.94. The molecule has 0 aliphatic heterocycles. The van der Waals surface area contributed by atoms with Gasteiger partial charge in [0.05, 0.1) is 6.61 Å². The average molecular weight is 187 g/mol. The van der Waals surface area contributed by atoms with Gasteiger partial charge in [0.1, 0.15) is 5.75 Å². The van der Waals surface area contributed by atoms with Crippen LogP contribution in [0, 0.1) is 0 Å². The quantitative estimate of drug-likeness (QED) is 0.656. The third kappa shape index (κ3) is 4.24. The molecule has 1 aromatic carbocycles. The monoisotopic (exact) mass is 186 g/mol. The summed E-state index contributed by atoms with van der Waals surface area (Å²) in [6.45, 7) is 2.99. The standard InChI is InChI=1S/C10H14O.ClH/c1-2-3-9-11-10-7-5-4-6-8-10;/h4-8H,2-3,9H2,1H3;1H. The first kappa shape index (κ1) is 11.3. The summed E-state index contributed by atoms with van der Waals surface area (Å²) in [5, 5.41) is 0. The van der Waals surface area contributed by atoms with E-state index >= 15 is 0 Å². The molecule has 0 saturated carbocycles. The predicted molar refractivity (Wildman–Crippen MR) is 54.1 cm³/mol. The van der Waals surface area contributed by atoms with Gasteiger partial charge in [-0.25, -0.2) is 0 Å². The summed E-state index contributed by atoms with van der Waals surface area (Å²) in [7, 11) is 0. The molecule has 0 heterocycles. The molecule has 1 rings (SSSR count). The van der Waals surface area contributed by atoms with Gasteiger partial charge in [0.25, 0.3) is 0 Å². The van der Waals surface area contributed by atoms with Crippen LogP contribution in [0.1, 0.15) is 19.8 Å². The Labute approximate surface area is 80.2 Å². The fourth-order valence-electron chi connectivity index (χ4n) is 0.851. The molecule has 0 spiro atoms. The summed E-state index contributed by atoms with van der Waals surface area (Å²) in [5.41, 5.74) is 0. The minimum atomic E-state index is 0. The molecule has 0 saturated heterocycles. The van der Waals surface area contributed by atoms with Crippen molar-refractivity contribution in [1.82, 2.24) is 0 Å². The lowest BCUT2D eigenvalue weighted by atomic mass is 10.3. The number of para-hydroxylation sites is 1. The molecule has 0 atom stereocenters. The van der Waals surface area contributed by atoms with Crippen molar-refractivity contribution in [3.63, 3.8) is 0 Å². The zero-order valence-corrected chi connectivity index (χ0v) is 8.14. The van der Waals surface area contributed by atoms with Crippen molar-refractivity contribution in [2.45, 2.75) is 19.8 Å². The number of halogens is 1. The first-order valence-corrected chi connectivity index (χ1v) is 4.11. The maximum absolute atomic E-state index is 5.45. The first-order valence-electron chi connectivity index (χ1n) is 4.11.